The topological polar surface area (TPSA) is 35.2 Å². The minimum Gasteiger partial charge on any atom is -0.378 e. The minimum absolute atomic E-state index is 0.151. The van der Waals surface area contributed by atoms with Crippen molar-refractivity contribution in [2.75, 3.05) is 6.61 Å². The number of aryl methyl sites for hydroxylation is 1. The third-order valence-electron chi connectivity index (χ3n) is 3.69. The molecule has 1 aromatic carbocycles. The lowest BCUT2D eigenvalue weighted by Crippen LogP contribution is -2.14. The van der Waals surface area contributed by atoms with E-state index in [9.17, 15) is 4.39 Å². The number of benzene rings is 1. The summed E-state index contributed by atoms with van der Waals surface area (Å²) in [5, 5.41) is 0. The molecule has 0 spiro atoms. The highest BCUT2D eigenvalue weighted by Crippen LogP contribution is 2.24. The van der Waals surface area contributed by atoms with Gasteiger partial charge < -0.3 is 10.5 Å². The van der Waals surface area contributed by atoms with Gasteiger partial charge in [-0.05, 0) is 44.6 Å². The molecule has 0 radical (unpaired) electrons. The molecule has 0 amide bonds. The van der Waals surface area contributed by atoms with Crippen LogP contribution in [-0.2, 0) is 4.74 Å². The average Bonchev–Trinajstić information content (AvgIpc) is 2.85. The summed E-state index contributed by atoms with van der Waals surface area (Å²) in [5.74, 6) is -0.151. The van der Waals surface area contributed by atoms with E-state index in [4.69, 9.17) is 10.5 Å². The van der Waals surface area contributed by atoms with Crippen LogP contribution in [0.3, 0.4) is 0 Å². The van der Waals surface area contributed by atoms with Crippen molar-refractivity contribution >= 4 is 0 Å². The summed E-state index contributed by atoms with van der Waals surface area (Å²) in [6, 6.07) is 5.23. The molecule has 2 atom stereocenters. The zero-order valence-electron chi connectivity index (χ0n) is 11.0. The summed E-state index contributed by atoms with van der Waals surface area (Å²) in [4.78, 5) is 0. The van der Waals surface area contributed by atoms with Crippen LogP contribution in [0.25, 0.3) is 0 Å². The highest BCUT2D eigenvalue weighted by Gasteiger charge is 2.17. The molecule has 0 saturated carbocycles. The van der Waals surface area contributed by atoms with Crippen LogP contribution >= 0.6 is 0 Å². The van der Waals surface area contributed by atoms with Crippen LogP contribution in [0.5, 0.6) is 0 Å². The number of halogens is 1. The monoisotopic (exact) mass is 251 g/mol. The second-order valence-corrected chi connectivity index (χ2v) is 5.15. The molecule has 100 valence electrons. The Hall–Kier alpha value is -0.930. The van der Waals surface area contributed by atoms with Gasteiger partial charge in [-0.2, -0.15) is 0 Å². The lowest BCUT2D eigenvalue weighted by molar-refractivity contribution is 0.101. The summed E-state index contributed by atoms with van der Waals surface area (Å²) in [7, 11) is 0. The maximum atomic E-state index is 13.9. The quantitative estimate of drug-likeness (QED) is 0.869. The fourth-order valence-electron chi connectivity index (χ4n) is 2.55. The Morgan fingerprint density at radius 2 is 2.33 bits per heavy atom. The van der Waals surface area contributed by atoms with Crippen LogP contribution in [0.2, 0.25) is 0 Å². The molecular weight excluding hydrogens is 229 g/mol. The van der Waals surface area contributed by atoms with E-state index >= 15 is 0 Å². The average molecular weight is 251 g/mol. The van der Waals surface area contributed by atoms with Gasteiger partial charge in [0.2, 0.25) is 0 Å². The largest absolute Gasteiger partial charge is 0.378 e. The van der Waals surface area contributed by atoms with E-state index in [-0.39, 0.29) is 11.9 Å². The third-order valence-corrected chi connectivity index (χ3v) is 3.69. The summed E-state index contributed by atoms with van der Waals surface area (Å²) in [5.41, 5.74) is 7.38. The Morgan fingerprint density at radius 3 is 3.06 bits per heavy atom. The second-order valence-electron chi connectivity index (χ2n) is 5.15. The highest BCUT2D eigenvalue weighted by atomic mass is 19.1. The van der Waals surface area contributed by atoms with Crippen molar-refractivity contribution in [3.05, 3.63) is 35.1 Å². The number of hydrogen-bond donors (Lipinski definition) is 1. The van der Waals surface area contributed by atoms with Gasteiger partial charge in [0.25, 0.3) is 0 Å². The predicted molar refractivity (Wildman–Crippen MR) is 70.9 cm³/mol. The van der Waals surface area contributed by atoms with E-state index < -0.39 is 0 Å². The lowest BCUT2D eigenvalue weighted by atomic mass is 9.98. The standard InChI is InChI=1S/C15H22FNO/c1-11-5-2-8-13(15(11)16)14(17)9-3-6-12-7-4-10-18-12/h2,5,8,12,14H,3-4,6-7,9-10,17H2,1H3. The van der Waals surface area contributed by atoms with Gasteiger partial charge in [-0.15, -0.1) is 0 Å². The molecular formula is C15H22FNO. The van der Waals surface area contributed by atoms with Gasteiger partial charge in [0.1, 0.15) is 5.82 Å². The maximum absolute atomic E-state index is 13.9. The molecule has 1 heterocycles. The summed E-state index contributed by atoms with van der Waals surface area (Å²) >= 11 is 0. The molecule has 3 heteroatoms. The van der Waals surface area contributed by atoms with Crippen molar-refractivity contribution in [1.29, 1.82) is 0 Å². The fourth-order valence-corrected chi connectivity index (χ4v) is 2.55. The number of hydrogen-bond acceptors (Lipinski definition) is 2. The Morgan fingerprint density at radius 1 is 1.50 bits per heavy atom. The van der Waals surface area contributed by atoms with Crippen LogP contribution in [-0.4, -0.2) is 12.7 Å². The molecule has 0 aromatic heterocycles. The Bertz CT molecular complexity index is 388. The van der Waals surface area contributed by atoms with E-state index in [1.807, 2.05) is 6.07 Å². The van der Waals surface area contributed by atoms with Crippen LogP contribution in [0.1, 0.15) is 49.3 Å². The molecule has 2 unspecified atom stereocenters. The predicted octanol–water partition coefficient (Wildman–Crippen LogP) is 3.48. The van der Waals surface area contributed by atoms with Crippen molar-refractivity contribution < 1.29 is 9.13 Å². The first kappa shape index (κ1) is 13.5. The number of ether oxygens (including phenoxy) is 1. The molecule has 1 aromatic rings. The number of nitrogens with two attached hydrogens (primary N) is 1. The van der Waals surface area contributed by atoms with E-state index in [0.717, 1.165) is 32.3 Å². The zero-order chi connectivity index (χ0) is 13.0. The van der Waals surface area contributed by atoms with Gasteiger partial charge in [0.15, 0.2) is 0 Å². The molecule has 2 nitrogen and oxygen atoms in total. The van der Waals surface area contributed by atoms with Crippen LogP contribution in [0.15, 0.2) is 18.2 Å². The van der Waals surface area contributed by atoms with Crippen molar-refractivity contribution in [2.24, 2.45) is 5.73 Å². The van der Waals surface area contributed by atoms with Gasteiger partial charge in [-0.3, -0.25) is 0 Å². The second kappa shape index (κ2) is 6.30. The Balaban J connectivity index is 1.83. The first-order valence-electron chi connectivity index (χ1n) is 6.80. The third kappa shape index (κ3) is 3.30. The van der Waals surface area contributed by atoms with Gasteiger partial charge in [0.05, 0.1) is 6.10 Å². The maximum Gasteiger partial charge on any atom is 0.130 e. The van der Waals surface area contributed by atoms with E-state index in [1.54, 1.807) is 19.1 Å². The first-order valence-corrected chi connectivity index (χ1v) is 6.80. The summed E-state index contributed by atoms with van der Waals surface area (Å²) in [6.07, 6.45) is 5.59. The van der Waals surface area contributed by atoms with Crippen LogP contribution in [0.4, 0.5) is 4.39 Å². The molecule has 0 aliphatic carbocycles. The van der Waals surface area contributed by atoms with Crippen LogP contribution in [0, 0.1) is 12.7 Å². The Kier molecular flexibility index (Phi) is 4.72. The fraction of sp³-hybridized carbons (Fsp3) is 0.600. The van der Waals surface area contributed by atoms with Gasteiger partial charge >= 0.3 is 0 Å². The van der Waals surface area contributed by atoms with E-state index in [0.29, 0.717) is 17.2 Å². The highest BCUT2D eigenvalue weighted by molar-refractivity contribution is 5.27. The molecule has 2 rings (SSSR count). The molecule has 2 N–H and O–H groups in total. The lowest BCUT2D eigenvalue weighted by Gasteiger charge is -2.15. The van der Waals surface area contributed by atoms with Crippen LogP contribution < -0.4 is 5.73 Å². The van der Waals surface area contributed by atoms with Crippen molar-refractivity contribution in [2.45, 2.75) is 51.2 Å². The molecule has 1 saturated heterocycles. The normalized spacial score (nSPS) is 21.2. The van der Waals surface area contributed by atoms with Crippen molar-refractivity contribution in [3.63, 3.8) is 0 Å². The van der Waals surface area contributed by atoms with Gasteiger partial charge in [-0.1, -0.05) is 18.2 Å². The van der Waals surface area contributed by atoms with E-state index in [1.165, 1.54) is 6.42 Å². The molecule has 18 heavy (non-hydrogen) atoms. The SMILES string of the molecule is Cc1cccc(C(N)CCCC2CCCO2)c1F. The molecule has 1 aliphatic rings. The molecule has 0 bridgehead atoms. The number of rotatable bonds is 5. The molecule has 1 aliphatic heterocycles. The van der Waals surface area contributed by atoms with Gasteiger partial charge in [-0.25, -0.2) is 4.39 Å². The Labute approximate surface area is 108 Å². The summed E-state index contributed by atoms with van der Waals surface area (Å²) < 4.78 is 19.4. The smallest absolute Gasteiger partial charge is 0.130 e. The zero-order valence-corrected chi connectivity index (χ0v) is 11.0. The van der Waals surface area contributed by atoms with E-state index in [2.05, 4.69) is 0 Å². The summed E-state index contributed by atoms with van der Waals surface area (Å²) in [6.45, 7) is 2.67. The van der Waals surface area contributed by atoms with Crippen molar-refractivity contribution in [3.8, 4) is 0 Å². The minimum atomic E-state index is -0.202. The molecule has 1 fully saturated rings. The van der Waals surface area contributed by atoms with Crippen molar-refractivity contribution in [1.82, 2.24) is 0 Å². The first-order chi connectivity index (χ1) is 8.68. The van der Waals surface area contributed by atoms with Gasteiger partial charge in [0, 0.05) is 18.2 Å².